The van der Waals surface area contributed by atoms with Gasteiger partial charge in [-0.25, -0.2) is 4.39 Å². The molecule has 4 nitrogen and oxygen atoms in total. The van der Waals surface area contributed by atoms with E-state index < -0.39 is 6.04 Å². The van der Waals surface area contributed by atoms with Crippen LogP contribution in [0.4, 0.5) is 4.39 Å². The van der Waals surface area contributed by atoms with Crippen molar-refractivity contribution in [1.29, 1.82) is 0 Å². The first-order valence-corrected chi connectivity index (χ1v) is 10.9. The molecule has 31 heavy (non-hydrogen) atoms. The number of halogens is 1. The minimum atomic E-state index is -0.838. The lowest BCUT2D eigenvalue weighted by Crippen LogP contribution is -2.46. The topological polar surface area (TPSA) is 49.4 Å². The number of hydrogen-bond donors (Lipinski definition) is 1. The lowest BCUT2D eigenvalue weighted by atomic mass is 10.0. The Morgan fingerprint density at radius 1 is 1.03 bits per heavy atom. The lowest BCUT2D eigenvalue weighted by Gasteiger charge is -2.33. The maximum Gasteiger partial charge on any atom is 0.251 e. The van der Waals surface area contributed by atoms with Crippen LogP contribution in [0, 0.1) is 5.82 Å². The zero-order valence-corrected chi connectivity index (χ0v) is 17.5. The van der Waals surface area contributed by atoms with Crippen LogP contribution < -0.4 is 5.32 Å². The van der Waals surface area contributed by atoms with Crippen molar-refractivity contribution in [2.45, 2.75) is 50.7 Å². The van der Waals surface area contributed by atoms with Gasteiger partial charge in [0.15, 0.2) is 0 Å². The van der Waals surface area contributed by atoms with Crippen LogP contribution in [0.2, 0.25) is 0 Å². The van der Waals surface area contributed by atoms with Crippen LogP contribution in [0.15, 0.2) is 78.4 Å². The third-order valence-corrected chi connectivity index (χ3v) is 5.95. The van der Waals surface area contributed by atoms with Crippen molar-refractivity contribution < 1.29 is 14.0 Å². The van der Waals surface area contributed by atoms with Crippen LogP contribution in [0.5, 0.6) is 0 Å². The van der Waals surface area contributed by atoms with Crippen LogP contribution in [0.3, 0.4) is 0 Å². The Kier molecular flexibility index (Phi) is 6.60. The van der Waals surface area contributed by atoms with E-state index in [-0.39, 0.29) is 30.2 Å². The van der Waals surface area contributed by atoms with Gasteiger partial charge >= 0.3 is 0 Å². The van der Waals surface area contributed by atoms with Gasteiger partial charge in [-0.2, -0.15) is 0 Å². The van der Waals surface area contributed by atoms with E-state index in [1.807, 2.05) is 42.5 Å². The molecule has 1 N–H and O–H groups in total. The van der Waals surface area contributed by atoms with Crippen molar-refractivity contribution >= 4 is 11.8 Å². The largest absolute Gasteiger partial charge is 0.351 e. The number of nitrogens with one attached hydrogen (secondary N) is 1. The molecule has 1 fully saturated rings. The Morgan fingerprint density at radius 3 is 2.39 bits per heavy atom. The molecule has 0 aliphatic heterocycles. The summed E-state index contributed by atoms with van der Waals surface area (Å²) >= 11 is 0. The summed E-state index contributed by atoms with van der Waals surface area (Å²) in [5, 5.41) is 3.14. The third-order valence-electron chi connectivity index (χ3n) is 5.95. The summed E-state index contributed by atoms with van der Waals surface area (Å²) in [5.74, 6) is -0.763. The monoisotopic (exact) mass is 418 g/mol. The minimum absolute atomic E-state index is 0.122. The molecule has 2 aromatic rings. The van der Waals surface area contributed by atoms with Crippen molar-refractivity contribution in [2.75, 3.05) is 0 Å². The summed E-state index contributed by atoms with van der Waals surface area (Å²) in [4.78, 5) is 28.7. The molecule has 2 amide bonds. The Labute approximate surface area is 182 Å². The Hall–Kier alpha value is -3.21. The number of nitrogens with zero attached hydrogens (tertiary/aromatic N) is 1. The highest BCUT2D eigenvalue weighted by Crippen LogP contribution is 2.29. The van der Waals surface area contributed by atoms with Crippen LogP contribution in [0.25, 0.3) is 0 Å². The molecular formula is C26H27FN2O2. The van der Waals surface area contributed by atoms with Crippen molar-refractivity contribution in [2.24, 2.45) is 0 Å². The van der Waals surface area contributed by atoms with Crippen LogP contribution in [0.1, 0.15) is 49.3 Å². The van der Waals surface area contributed by atoms with E-state index in [2.05, 4.69) is 5.32 Å². The van der Waals surface area contributed by atoms with Crippen LogP contribution in [-0.2, 0) is 16.1 Å². The van der Waals surface area contributed by atoms with Gasteiger partial charge in [-0.15, -0.1) is 0 Å². The van der Waals surface area contributed by atoms with Gasteiger partial charge in [-0.05, 0) is 42.5 Å². The van der Waals surface area contributed by atoms with Crippen LogP contribution >= 0.6 is 0 Å². The second-order valence-electron chi connectivity index (χ2n) is 8.19. The maximum absolute atomic E-state index is 13.6. The molecule has 1 atom stereocenters. The zero-order chi connectivity index (χ0) is 21.6. The molecule has 0 saturated heterocycles. The van der Waals surface area contributed by atoms with Gasteiger partial charge in [0.1, 0.15) is 11.9 Å². The number of carbonyl (C=O) groups is 2. The number of allylic oxidation sites excluding steroid dienone is 3. The normalized spacial score (nSPS) is 16.7. The summed E-state index contributed by atoms with van der Waals surface area (Å²) in [7, 11) is 0. The maximum atomic E-state index is 13.6. The summed E-state index contributed by atoms with van der Waals surface area (Å²) < 4.78 is 13.6. The molecule has 2 aromatic carbocycles. The Bertz CT molecular complexity index is 976. The van der Waals surface area contributed by atoms with Gasteiger partial charge in [-0.1, -0.05) is 73.5 Å². The van der Waals surface area contributed by atoms with Gasteiger partial charge in [0.2, 0.25) is 5.91 Å². The summed E-state index contributed by atoms with van der Waals surface area (Å²) in [5.41, 5.74) is 2.19. The standard InChI is InChI=1S/C26H27FN2O2/c27-22-16-14-20(15-17-22)24(25(30)28-23-12-6-7-13-23)29(18-19-8-2-1-3-9-19)26(31)21-10-4-5-11-21/h1-5,8-10,14-17,23-24H,6-7,11-13,18H2,(H,28,30). The van der Waals surface area contributed by atoms with Crippen molar-refractivity contribution in [3.05, 3.63) is 95.3 Å². The van der Waals surface area contributed by atoms with E-state index in [4.69, 9.17) is 0 Å². The quantitative estimate of drug-likeness (QED) is 0.699. The summed E-state index contributed by atoms with van der Waals surface area (Å²) in [6.45, 7) is 0.289. The smallest absolute Gasteiger partial charge is 0.251 e. The first-order chi connectivity index (χ1) is 15.1. The fraction of sp³-hybridized carbons (Fsp3) is 0.308. The molecule has 2 aliphatic carbocycles. The molecule has 4 rings (SSSR count). The molecule has 0 bridgehead atoms. The third kappa shape index (κ3) is 5.10. The predicted molar refractivity (Wildman–Crippen MR) is 118 cm³/mol. The SMILES string of the molecule is O=C(NC1CCCC1)C(c1ccc(F)cc1)N(Cc1ccccc1)C(=O)C1=CC=CC1. The van der Waals surface area contributed by atoms with Gasteiger partial charge in [0.05, 0.1) is 0 Å². The molecular weight excluding hydrogens is 391 g/mol. The second kappa shape index (κ2) is 9.73. The average Bonchev–Trinajstić information content (AvgIpc) is 3.49. The first-order valence-electron chi connectivity index (χ1n) is 10.9. The van der Waals surface area contributed by atoms with E-state index in [1.165, 1.54) is 12.1 Å². The molecule has 0 aromatic heterocycles. The molecule has 5 heteroatoms. The van der Waals surface area contributed by atoms with Gasteiger partial charge < -0.3 is 10.2 Å². The fourth-order valence-electron chi connectivity index (χ4n) is 4.32. The van der Waals surface area contributed by atoms with Gasteiger partial charge in [0.25, 0.3) is 5.91 Å². The molecule has 0 spiro atoms. The minimum Gasteiger partial charge on any atom is -0.351 e. The molecule has 2 aliphatic rings. The fourth-order valence-corrected chi connectivity index (χ4v) is 4.32. The van der Waals surface area contributed by atoms with Crippen molar-refractivity contribution in [3.8, 4) is 0 Å². The number of benzene rings is 2. The highest BCUT2D eigenvalue weighted by Gasteiger charge is 2.34. The van der Waals surface area contributed by atoms with E-state index in [0.717, 1.165) is 31.2 Å². The number of amides is 2. The average molecular weight is 419 g/mol. The van der Waals surface area contributed by atoms with Crippen LogP contribution in [-0.4, -0.2) is 22.8 Å². The second-order valence-corrected chi connectivity index (χ2v) is 8.19. The van der Waals surface area contributed by atoms with E-state index in [1.54, 1.807) is 23.1 Å². The first kappa shape index (κ1) is 21.0. The highest BCUT2D eigenvalue weighted by atomic mass is 19.1. The van der Waals surface area contributed by atoms with Crippen molar-refractivity contribution in [3.63, 3.8) is 0 Å². The number of hydrogen-bond acceptors (Lipinski definition) is 2. The Morgan fingerprint density at radius 2 is 1.74 bits per heavy atom. The summed E-state index contributed by atoms with van der Waals surface area (Å²) in [6, 6.07) is 14.8. The van der Waals surface area contributed by atoms with E-state index >= 15 is 0 Å². The Balaban J connectivity index is 1.70. The number of carbonyl (C=O) groups excluding carboxylic acids is 2. The molecule has 0 heterocycles. The van der Waals surface area contributed by atoms with E-state index in [0.29, 0.717) is 17.6 Å². The molecule has 1 saturated carbocycles. The highest BCUT2D eigenvalue weighted by molar-refractivity contribution is 5.98. The van der Waals surface area contributed by atoms with E-state index in [9.17, 15) is 14.0 Å². The molecule has 1 unspecified atom stereocenters. The molecule has 0 radical (unpaired) electrons. The number of rotatable bonds is 7. The summed E-state index contributed by atoms with van der Waals surface area (Å²) in [6.07, 6.45) is 10.2. The van der Waals surface area contributed by atoms with Crippen molar-refractivity contribution in [1.82, 2.24) is 10.2 Å². The van der Waals surface area contributed by atoms with Gasteiger partial charge in [0, 0.05) is 18.2 Å². The molecule has 160 valence electrons. The van der Waals surface area contributed by atoms with Gasteiger partial charge in [-0.3, -0.25) is 9.59 Å². The zero-order valence-electron chi connectivity index (χ0n) is 17.5. The lowest BCUT2D eigenvalue weighted by molar-refractivity contribution is -0.139. The predicted octanol–water partition coefficient (Wildman–Crippen LogP) is 4.84.